The van der Waals surface area contributed by atoms with Gasteiger partial charge in [-0.1, -0.05) is 28.1 Å². The Morgan fingerprint density at radius 2 is 1.95 bits per heavy atom. The highest BCUT2D eigenvalue weighted by Crippen LogP contribution is 2.22. The van der Waals surface area contributed by atoms with Crippen molar-refractivity contribution in [1.82, 2.24) is 0 Å². The van der Waals surface area contributed by atoms with E-state index in [1.165, 1.54) is 0 Å². The zero-order valence-corrected chi connectivity index (χ0v) is 11.9. The Morgan fingerprint density at radius 1 is 1.20 bits per heavy atom. The first-order valence-electron chi connectivity index (χ1n) is 5.72. The molecule has 0 bridgehead atoms. The van der Waals surface area contributed by atoms with Crippen LogP contribution in [0.3, 0.4) is 0 Å². The van der Waals surface area contributed by atoms with Gasteiger partial charge in [-0.05, 0) is 30.3 Å². The Hall–Kier alpha value is -2.36. The molecule has 1 amide bonds. The van der Waals surface area contributed by atoms with Crippen molar-refractivity contribution < 1.29 is 4.79 Å². The lowest BCUT2D eigenvalue weighted by molar-refractivity contribution is 0.102. The fraction of sp³-hybridized carbons (Fsp3) is 0. The molecule has 0 atom stereocenters. The standard InChI is InChI=1S/C14H11BrN4O/c15-10-5-6-12(9(7-10)8-16)18-14(20)11-3-1-2-4-13(11)19-17/h1-7,19H,17H2,(H,18,20). The Bertz CT molecular complexity index is 694. The number of hydrogen-bond donors (Lipinski definition) is 3. The number of nitriles is 1. The van der Waals surface area contributed by atoms with E-state index in [0.717, 1.165) is 4.47 Å². The molecule has 100 valence electrons. The minimum atomic E-state index is -0.336. The first-order chi connectivity index (χ1) is 9.65. The van der Waals surface area contributed by atoms with Gasteiger partial charge in [0.05, 0.1) is 22.5 Å². The van der Waals surface area contributed by atoms with Gasteiger partial charge in [-0.3, -0.25) is 10.6 Å². The van der Waals surface area contributed by atoms with Crippen LogP contribution in [0.2, 0.25) is 0 Å². The number of benzene rings is 2. The van der Waals surface area contributed by atoms with Gasteiger partial charge in [-0.25, -0.2) is 0 Å². The van der Waals surface area contributed by atoms with Crippen LogP contribution in [-0.4, -0.2) is 5.91 Å². The summed E-state index contributed by atoms with van der Waals surface area (Å²) in [6, 6.07) is 14.0. The number of carbonyl (C=O) groups is 1. The van der Waals surface area contributed by atoms with E-state index in [1.54, 1.807) is 42.5 Å². The minimum absolute atomic E-state index is 0.336. The molecule has 0 aliphatic carbocycles. The summed E-state index contributed by atoms with van der Waals surface area (Å²) in [6.07, 6.45) is 0. The number of hydrogen-bond acceptors (Lipinski definition) is 4. The van der Waals surface area contributed by atoms with Gasteiger partial charge in [-0.2, -0.15) is 5.26 Å². The van der Waals surface area contributed by atoms with Gasteiger partial charge in [0.1, 0.15) is 6.07 Å². The lowest BCUT2D eigenvalue weighted by Crippen LogP contribution is -2.17. The van der Waals surface area contributed by atoms with Gasteiger partial charge < -0.3 is 10.7 Å². The van der Waals surface area contributed by atoms with Crippen LogP contribution in [0.1, 0.15) is 15.9 Å². The lowest BCUT2D eigenvalue weighted by Gasteiger charge is -2.10. The molecule has 0 spiro atoms. The average molecular weight is 331 g/mol. The third-order valence-electron chi connectivity index (χ3n) is 2.68. The van der Waals surface area contributed by atoms with E-state index >= 15 is 0 Å². The normalized spacial score (nSPS) is 9.65. The van der Waals surface area contributed by atoms with Gasteiger partial charge in [-0.15, -0.1) is 0 Å². The molecule has 0 heterocycles. The highest BCUT2D eigenvalue weighted by atomic mass is 79.9. The molecule has 5 nitrogen and oxygen atoms in total. The van der Waals surface area contributed by atoms with Crippen LogP contribution in [0.25, 0.3) is 0 Å². The van der Waals surface area contributed by atoms with Crippen molar-refractivity contribution >= 4 is 33.2 Å². The summed E-state index contributed by atoms with van der Waals surface area (Å²) in [7, 11) is 0. The largest absolute Gasteiger partial charge is 0.323 e. The van der Waals surface area contributed by atoms with Crippen molar-refractivity contribution in [1.29, 1.82) is 5.26 Å². The van der Waals surface area contributed by atoms with E-state index < -0.39 is 0 Å². The number of carbonyl (C=O) groups excluding carboxylic acids is 1. The Labute approximate surface area is 124 Å². The maximum Gasteiger partial charge on any atom is 0.257 e. The van der Waals surface area contributed by atoms with E-state index in [0.29, 0.717) is 22.5 Å². The highest BCUT2D eigenvalue weighted by molar-refractivity contribution is 9.10. The van der Waals surface area contributed by atoms with Crippen molar-refractivity contribution in [2.24, 2.45) is 5.84 Å². The SMILES string of the molecule is N#Cc1cc(Br)ccc1NC(=O)c1ccccc1NN. The van der Waals surface area contributed by atoms with Crippen molar-refractivity contribution in [3.05, 3.63) is 58.1 Å². The highest BCUT2D eigenvalue weighted by Gasteiger charge is 2.12. The first kappa shape index (κ1) is 14.1. The van der Waals surface area contributed by atoms with Gasteiger partial charge in [0, 0.05) is 4.47 Å². The molecule has 0 aliphatic heterocycles. The number of nitrogens with zero attached hydrogens (tertiary/aromatic N) is 1. The van der Waals surface area contributed by atoms with Crippen LogP contribution in [-0.2, 0) is 0 Å². The van der Waals surface area contributed by atoms with E-state index in [9.17, 15) is 4.79 Å². The monoisotopic (exact) mass is 330 g/mol. The molecule has 2 rings (SSSR count). The van der Waals surface area contributed by atoms with Gasteiger partial charge in [0.2, 0.25) is 0 Å². The molecular weight excluding hydrogens is 320 g/mol. The summed E-state index contributed by atoms with van der Waals surface area (Å²) in [5.74, 6) is 5.03. The fourth-order valence-corrected chi connectivity index (χ4v) is 2.08. The second-order valence-electron chi connectivity index (χ2n) is 3.95. The first-order valence-corrected chi connectivity index (χ1v) is 6.51. The van der Waals surface area contributed by atoms with Gasteiger partial charge in [0.15, 0.2) is 0 Å². The number of nitrogen functional groups attached to an aromatic ring is 1. The fourth-order valence-electron chi connectivity index (χ4n) is 1.71. The lowest BCUT2D eigenvalue weighted by atomic mass is 10.1. The zero-order valence-electron chi connectivity index (χ0n) is 10.4. The van der Waals surface area contributed by atoms with Gasteiger partial charge in [0.25, 0.3) is 5.91 Å². The summed E-state index contributed by atoms with van der Waals surface area (Å²) in [5, 5.41) is 11.8. The van der Waals surface area contributed by atoms with Crippen LogP contribution in [0.15, 0.2) is 46.9 Å². The Morgan fingerprint density at radius 3 is 2.65 bits per heavy atom. The van der Waals surface area contributed by atoms with Crippen molar-refractivity contribution in [3.8, 4) is 6.07 Å². The molecule has 4 N–H and O–H groups in total. The number of anilines is 2. The minimum Gasteiger partial charge on any atom is -0.323 e. The quantitative estimate of drug-likeness (QED) is 0.596. The summed E-state index contributed by atoms with van der Waals surface area (Å²) in [5.41, 5.74) is 4.22. The zero-order chi connectivity index (χ0) is 14.5. The number of rotatable bonds is 3. The number of halogens is 1. The van der Waals surface area contributed by atoms with E-state index in [4.69, 9.17) is 11.1 Å². The third-order valence-corrected chi connectivity index (χ3v) is 3.17. The summed E-state index contributed by atoms with van der Waals surface area (Å²) >= 11 is 3.28. The number of nitrogens with one attached hydrogen (secondary N) is 2. The molecule has 0 saturated heterocycles. The summed E-state index contributed by atoms with van der Waals surface area (Å²) in [4.78, 5) is 12.2. The van der Waals surface area contributed by atoms with Crippen LogP contribution in [0.4, 0.5) is 11.4 Å². The summed E-state index contributed by atoms with van der Waals surface area (Å²) < 4.78 is 0.774. The van der Waals surface area contributed by atoms with Crippen molar-refractivity contribution in [2.75, 3.05) is 10.7 Å². The molecule has 0 unspecified atom stereocenters. The maximum absolute atomic E-state index is 12.2. The smallest absolute Gasteiger partial charge is 0.257 e. The van der Waals surface area contributed by atoms with Gasteiger partial charge >= 0.3 is 0 Å². The number of hydrazine groups is 1. The predicted octanol–water partition coefficient (Wildman–Crippen LogP) is 2.86. The van der Waals surface area contributed by atoms with Crippen molar-refractivity contribution in [2.45, 2.75) is 0 Å². The number of nitrogens with two attached hydrogens (primary N) is 1. The predicted molar refractivity (Wildman–Crippen MR) is 81.1 cm³/mol. The Kier molecular flexibility index (Phi) is 4.35. The van der Waals surface area contributed by atoms with E-state index in [1.807, 2.05) is 6.07 Å². The van der Waals surface area contributed by atoms with Crippen LogP contribution < -0.4 is 16.6 Å². The van der Waals surface area contributed by atoms with E-state index in [-0.39, 0.29) is 5.91 Å². The second kappa shape index (κ2) is 6.19. The molecule has 0 saturated carbocycles. The summed E-state index contributed by atoms with van der Waals surface area (Å²) in [6.45, 7) is 0. The Balaban J connectivity index is 2.31. The maximum atomic E-state index is 12.2. The molecule has 0 fully saturated rings. The molecule has 0 aromatic heterocycles. The third kappa shape index (κ3) is 2.96. The van der Waals surface area contributed by atoms with Crippen LogP contribution >= 0.6 is 15.9 Å². The molecule has 0 radical (unpaired) electrons. The molecule has 0 aliphatic rings. The average Bonchev–Trinajstić information content (AvgIpc) is 2.48. The topological polar surface area (TPSA) is 90.9 Å². The molecule has 6 heteroatoms. The van der Waals surface area contributed by atoms with E-state index in [2.05, 4.69) is 26.7 Å². The molecule has 2 aromatic rings. The molecular formula is C14H11BrN4O. The molecule has 20 heavy (non-hydrogen) atoms. The molecule has 2 aromatic carbocycles. The second-order valence-corrected chi connectivity index (χ2v) is 4.86. The van der Waals surface area contributed by atoms with Crippen LogP contribution in [0, 0.1) is 11.3 Å². The number of para-hydroxylation sites is 1. The van der Waals surface area contributed by atoms with Crippen molar-refractivity contribution in [3.63, 3.8) is 0 Å². The number of amides is 1. The van der Waals surface area contributed by atoms with Crippen LogP contribution in [0.5, 0.6) is 0 Å².